The molecule has 1 aliphatic rings. The Kier molecular flexibility index (Phi) is 3.50. The highest BCUT2D eigenvalue weighted by Crippen LogP contribution is 2.32. The van der Waals surface area contributed by atoms with Gasteiger partial charge in [-0.1, -0.05) is 6.07 Å². The first-order valence-corrected chi connectivity index (χ1v) is 7.44. The summed E-state index contributed by atoms with van der Waals surface area (Å²) in [5.41, 5.74) is 0.771. The predicted octanol–water partition coefficient (Wildman–Crippen LogP) is 2.05. The summed E-state index contributed by atoms with van der Waals surface area (Å²) < 4.78 is 6.65. The van der Waals surface area contributed by atoms with Crippen molar-refractivity contribution in [2.45, 2.75) is 19.4 Å². The second-order valence-corrected chi connectivity index (χ2v) is 5.83. The second kappa shape index (κ2) is 5.33. The zero-order chi connectivity index (χ0) is 15.0. The highest BCUT2D eigenvalue weighted by atomic mass is 32.1. The van der Waals surface area contributed by atoms with Crippen LogP contribution in [0.4, 0.5) is 0 Å². The van der Waals surface area contributed by atoms with Crippen molar-refractivity contribution in [3.63, 3.8) is 0 Å². The molecule has 0 aromatic carbocycles. The lowest BCUT2D eigenvalue weighted by atomic mass is 9.97. The maximum Gasteiger partial charge on any atom is 0.356 e. The summed E-state index contributed by atoms with van der Waals surface area (Å²) in [5, 5.41) is 11.2. The van der Waals surface area contributed by atoms with Gasteiger partial charge in [0.1, 0.15) is 0 Å². The van der Waals surface area contributed by atoms with Gasteiger partial charge in [0.25, 0.3) is 0 Å². The maximum atomic E-state index is 11.7. The number of nitrogens with zero attached hydrogens (tertiary/aromatic N) is 2. The van der Waals surface area contributed by atoms with E-state index in [-0.39, 0.29) is 17.6 Å². The van der Waals surface area contributed by atoms with E-state index in [9.17, 15) is 14.7 Å². The van der Waals surface area contributed by atoms with Crippen molar-refractivity contribution in [3.8, 4) is 10.7 Å². The van der Waals surface area contributed by atoms with Crippen LogP contribution in [-0.4, -0.2) is 33.7 Å². The van der Waals surface area contributed by atoms with Crippen LogP contribution in [0.2, 0.25) is 0 Å². The van der Waals surface area contributed by atoms with Gasteiger partial charge in [0.05, 0.1) is 23.6 Å². The fourth-order valence-electron chi connectivity index (χ4n) is 2.68. The van der Waals surface area contributed by atoms with Crippen LogP contribution >= 0.6 is 11.3 Å². The number of aromatic carboxylic acids is 1. The van der Waals surface area contributed by atoms with Gasteiger partial charge in [-0.05, 0) is 24.3 Å². The van der Waals surface area contributed by atoms with E-state index in [4.69, 9.17) is 4.74 Å². The second-order valence-electron chi connectivity index (χ2n) is 4.88. The van der Waals surface area contributed by atoms with Gasteiger partial charge in [-0.25, -0.2) is 9.78 Å². The number of hydrogen-bond donors (Lipinski definition) is 1. The quantitative estimate of drug-likeness (QED) is 0.878. The summed E-state index contributed by atoms with van der Waals surface area (Å²) in [6.07, 6.45) is 1.10. The molecule has 21 heavy (non-hydrogen) atoms. The highest BCUT2D eigenvalue weighted by molar-refractivity contribution is 7.13. The third kappa shape index (κ3) is 2.33. The maximum absolute atomic E-state index is 11.7. The molecule has 3 rings (SSSR count). The number of carbonyl (C=O) groups is 2. The predicted molar refractivity (Wildman–Crippen MR) is 76.3 cm³/mol. The first-order chi connectivity index (χ1) is 10.1. The topological polar surface area (TPSA) is 81.4 Å². The molecule has 2 aromatic heterocycles. The molecule has 1 aliphatic heterocycles. The van der Waals surface area contributed by atoms with Crippen LogP contribution in [0.3, 0.4) is 0 Å². The van der Waals surface area contributed by atoms with E-state index in [1.54, 1.807) is 0 Å². The van der Waals surface area contributed by atoms with Crippen molar-refractivity contribution in [2.24, 2.45) is 5.92 Å². The van der Waals surface area contributed by atoms with E-state index in [1.807, 2.05) is 22.1 Å². The molecule has 0 aliphatic carbocycles. The Morgan fingerprint density at radius 2 is 2.33 bits per heavy atom. The van der Waals surface area contributed by atoms with Crippen molar-refractivity contribution in [3.05, 3.63) is 28.9 Å². The van der Waals surface area contributed by atoms with Gasteiger partial charge in [0.2, 0.25) is 0 Å². The lowest BCUT2D eigenvalue weighted by Crippen LogP contribution is -2.28. The monoisotopic (exact) mass is 306 g/mol. The van der Waals surface area contributed by atoms with Gasteiger partial charge >= 0.3 is 11.9 Å². The molecule has 7 heteroatoms. The summed E-state index contributed by atoms with van der Waals surface area (Å²) in [6.45, 7) is 0.412. The van der Waals surface area contributed by atoms with Crippen molar-refractivity contribution in [1.82, 2.24) is 9.55 Å². The zero-order valence-corrected chi connectivity index (χ0v) is 12.2. The molecule has 0 bridgehead atoms. The summed E-state index contributed by atoms with van der Waals surface area (Å²) in [7, 11) is 1.37. The molecule has 6 nitrogen and oxygen atoms in total. The van der Waals surface area contributed by atoms with Crippen molar-refractivity contribution in [2.75, 3.05) is 7.11 Å². The van der Waals surface area contributed by atoms with Crippen molar-refractivity contribution < 1.29 is 19.4 Å². The van der Waals surface area contributed by atoms with Gasteiger partial charge in [0.15, 0.2) is 11.5 Å². The molecule has 1 atom stereocenters. The standard InChI is InChI=1S/C14H14N2O4S/c1-20-14(19)8-4-5-9-11(13(17)18)15-12(16(9)7-8)10-3-2-6-21-10/h2-3,6,8H,4-5,7H2,1H3,(H,17,18). The average molecular weight is 306 g/mol. The van der Waals surface area contributed by atoms with E-state index in [1.165, 1.54) is 18.4 Å². The molecule has 0 fully saturated rings. The molecular formula is C14H14N2O4S. The van der Waals surface area contributed by atoms with Gasteiger partial charge in [-0.15, -0.1) is 11.3 Å². The molecule has 3 heterocycles. The van der Waals surface area contributed by atoms with E-state index >= 15 is 0 Å². The number of esters is 1. The first kappa shape index (κ1) is 13.8. The molecule has 1 unspecified atom stereocenters. The average Bonchev–Trinajstić information content (AvgIpc) is 3.12. The molecular weight excluding hydrogens is 292 g/mol. The van der Waals surface area contributed by atoms with E-state index in [0.29, 0.717) is 30.9 Å². The van der Waals surface area contributed by atoms with Crippen LogP contribution in [0, 0.1) is 5.92 Å². The summed E-state index contributed by atoms with van der Waals surface area (Å²) in [6, 6.07) is 3.79. The number of fused-ring (bicyclic) bond motifs is 1. The van der Waals surface area contributed by atoms with Crippen LogP contribution in [0.25, 0.3) is 10.7 Å². The van der Waals surface area contributed by atoms with Crippen LogP contribution in [0.1, 0.15) is 22.6 Å². The highest BCUT2D eigenvalue weighted by Gasteiger charge is 2.32. The summed E-state index contributed by atoms with van der Waals surface area (Å²) >= 11 is 1.50. The lowest BCUT2D eigenvalue weighted by molar-refractivity contribution is -0.146. The van der Waals surface area contributed by atoms with Crippen LogP contribution in [0.5, 0.6) is 0 Å². The molecule has 0 saturated heterocycles. The molecule has 0 amide bonds. The number of imidazole rings is 1. The lowest BCUT2D eigenvalue weighted by Gasteiger charge is -2.23. The minimum atomic E-state index is -1.03. The Morgan fingerprint density at radius 3 is 2.95 bits per heavy atom. The minimum absolute atomic E-state index is 0.0849. The third-order valence-corrected chi connectivity index (χ3v) is 4.55. The Morgan fingerprint density at radius 1 is 1.52 bits per heavy atom. The number of aromatic nitrogens is 2. The number of carbonyl (C=O) groups excluding carboxylic acids is 1. The number of carboxylic acid groups (broad SMARTS) is 1. The van der Waals surface area contributed by atoms with Gasteiger partial charge < -0.3 is 14.4 Å². The molecule has 2 aromatic rings. The fourth-order valence-corrected chi connectivity index (χ4v) is 3.41. The fraction of sp³-hybridized carbons (Fsp3) is 0.357. The van der Waals surface area contributed by atoms with E-state index < -0.39 is 5.97 Å². The van der Waals surface area contributed by atoms with Crippen LogP contribution < -0.4 is 0 Å². The number of carboxylic acids is 1. The Hall–Kier alpha value is -2.15. The first-order valence-electron chi connectivity index (χ1n) is 6.56. The van der Waals surface area contributed by atoms with Crippen LogP contribution in [0.15, 0.2) is 17.5 Å². The molecule has 0 spiro atoms. The van der Waals surface area contributed by atoms with Gasteiger partial charge in [-0.2, -0.15) is 0 Å². The summed E-state index contributed by atoms with van der Waals surface area (Å²) in [4.78, 5) is 28.3. The Balaban J connectivity index is 2.07. The van der Waals surface area contributed by atoms with Crippen molar-refractivity contribution in [1.29, 1.82) is 0 Å². The Labute approximate surface area is 125 Å². The van der Waals surface area contributed by atoms with Gasteiger partial charge in [0, 0.05) is 6.54 Å². The van der Waals surface area contributed by atoms with Crippen LogP contribution in [-0.2, 0) is 22.5 Å². The number of thiophene rings is 1. The number of rotatable bonds is 3. The van der Waals surface area contributed by atoms with E-state index in [0.717, 1.165) is 4.88 Å². The number of ether oxygens (including phenoxy) is 1. The SMILES string of the molecule is COC(=O)C1CCc2c(C(=O)O)nc(-c3cccs3)n2C1. The molecule has 0 radical (unpaired) electrons. The Bertz CT molecular complexity index is 690. The normalized spacial score (nSPS) is 17.3. The molecule has 110 valence electrons. The molecule has 1 N–H and O–H groups in total. The zero-order valence-electron chi connectivity index (χ0n) is 11.4. The smallest absolute Gasteiger partial charge is 0.356 e. The minimum Gasteiger partial charge on any atom is -0.476 e. The largest absolute Gasteiger partial charge is 0.476 e. The molecule has 0 saturated carbocycles. The number of methoxy groups -OCH3 is 1. The number of hydrogen-bond acceptors (Lipinski definition) is 5. The van der Waals surface area contributed by atoms with Crippen molar-refractivity contribution >= 4 is 23.3 Å². The van der Waals surface area contributed by atoms with Gasteiger partial charge in [-0.3, -0.25) is 4.79 Å². The van der Waals surface area contributed by atoms with E-state index in [2.05, 4.69) is 4.98 Å². The summed E-state index contributed by atoms with van der Waals surface area (Å²) in [5.74, 6) is -0.926. The third-order valence-electron chi connectivity index (χ3n) is 3.68.